The summed E-state index contributed by atoms with van der Waals surface area (Å²) in [7, 11) is 0. The number of rotatable bonds is 2. The molecule has 4 rings (SSSR count). The molecule has 0 aromatic carbocycles. The molecule has 6 nitrogen and oxygen atoms in total. The van der Waals surface area contributed by atoms with Crippen molar-refractivity contribution in [3.63, 3.8) is 0 Å². The third-order valence-electron chi connectivity index (χ3n) is 3.78. The van der Waals surface area contributed by atoms with Gasteiger partial charge in [0, 0.05) is 11.1 Å². The quantitative estimate of drug-likeness (QED) is 0.677. The predicted molar refractivity (Wildman–Crippen MR) is 79.9 cm³/mol. The molecular weight excluding hydrogens is 312 g/mol. The summed E-state index contributed by atoms with van der Waals surface area (Å²) in [6.07, 6.45) is 0.783. The van der Waals surface area contributed by atoms with E-state index >= 15 is 0 Å². The van der Waals surface area contributed by atoms with E-state index < -0.39 is 11.9 Å². The van der Waals surface area contributed by atoms with Crippen LogP contribution in [0.4, 0.5) is 10.0 Å². The van der Waals surface area contributed by atoms with Crippen molar-refractivity contribution in [3.8, 4) is 0 Å². The van der Waals surface area contributed by atoms with Crippen molar-refractivity contribution in [2.24, 2.45) is 0 Å². The van der Waals surface area contributed by atoms with Crippen molar-refractivity contribution >= 4 is 44.6 Å². The van der Waals surface area contributed by atoms with E-state index in [1.165, 1.54) is 22.7 Å². The first-order valence-electron chi connectivity index (χ1n) is 6.30. The number of carboxylic acids is 2. The Morgan fingerprint density at radius 1 is 0.952 bits per heavy atom. The van der Waals surface area contributed by atoms with Crippen LogP contribution >= 0.6 is 22.7 Å². The van der Waals surface area contributed by atoms with Gasteiger partial charge in [-0.3, -0.25) is 0 Å². The largest absolute Gasteiger partial charge is 0.477 e. The smallest absolute Gasteiger partial charge is 0.345 e. The maximum absolute atomic E-state index is 11.1. The fraction of sp³-hybridized carbons (Fsp3) is 0.231. The predicted octanol–water partition coefficient (Wildman–Crippen LogP) is 3.23. The maximum Gasteiger partial charge on any atom is 0.345 e. The number of fused-ring (bicyclic) bond motifs is 6. The Morgan fingerprint density at radius 3 is 1.76 bits per heavy atom. The first-order valence-corrected chi connectivity index (χ1v) is 7.93. The van der Waals surface area contributed by atoms with Crippen LogP contribution in [0.5, 0.6) is 0 Å². The minimum atomic E-state index is -0.923. The van der Waals surface area contributed by atoms with Gasteiger partial charge in [0.25, 0.3) is 0 Å². The van der Waals surface area contributed by atoms with Crippen LogP contribution in [0.15, 0.2) is 12.1 Å². The van der Waals surface area contributed by atoms with Gasteiger partial charge in [-0.25, -0.2) is 9.59 Å². The van der Waals surface area contributed by atoms with Crippen LogP contribution in [-0.4, -0.2) is 22.2 Å². The second kappa shape index (κ2) is 4.22. The third kappa shape index (κ3) is 1.83. The van der Waals surface area contributed by atoms with E-state index in [0.717, 1.165) is 27.5 Å². The van der Waals surface area contributed by atoms with Crippen molar-refractivity contribution in [2.45, 2.75) is 18.5 Å². The summed E-state index contributed by atoms with van der Waals surface area (Å²) in [5, 5.41) is 26.6. The van der Waals surface area contributed by atoms with E-state index in [-0.39, 0.29) is 12.1 Å². The summed E-state index contributed by atoms with van der Waals surface area (Å²) >= 11 is 2.45. The van der Waals surface area contributed by atoms with Gasteiger partial charge in [-0.1, -0.05) is 0 Å². The average Bonchev–Trinajstić information content (AvgIpc) is 3.02. The monoisotopic (exact) mass is 322 g/mol. The lowest BCUT2D eigenvalue weighted by atomic mass is 9.90. The Morgan fingerprint density at radius 2 is 1.38 bits per heavy atom. The maximum atomic E-state index is 11.1. The number of nitrogens with one attached hydrogen (secondary N) is 2. The van der Waals surface area contributed by atoms with Gasteiger partial charge in [0.1, 0.15) is 9.75 Å². The number of hydrogen-bond acceptors (Lipinski definition) is 6. The highest BCUT2D eigenvalue weighted by Crippen LogP contribution is 2.51. The molecule has 108 valence electrons. The summed E-state index contributed by atoms with van der Waals surface area (Å²) in [6.45, 7) is 0. The third-order valence-corrected chi connectivity index (χ3v) is 5.92. The first kappa shape index (κ1) is 12.7. The summed E-state index contributed by atoms with van der Waals surface area (Å²) in [5.41, 5.74) is 1.90. The molecule has 2 aromatic heterocycles. The molecule has 0 radical (unpaired) electrons. The molecule has 2 aliphatic rings. The lowest BCUT2D eigenvalue weighted by Crippen LogP contribution is -2.28. The summed E-state index contributed by atoms with van der Waals surface area (Å²) in [4.78, 5) is 22.8. The van der Waals surface area contributed by atoms with E-state index in [1.807, 2.05) is 0 Å². The number of aromatic carboxylic acids is 2. The van der Waals surface area contributed by atoms with Crippen molar-refractivity contribution in [1.82, 2.24) is 0 Å². The van der Waals surface area contributed by atoms with Crippen LogP contribution in [0.2, 0.25) is 0 Å². The molecule has 0 spiro atoms. The fourth-order valence-corrected chi connectivity index (χ4v) is 4.87. The molecule has 0 amide bonds. The summed E-state index contributed by atoms with van der Waals surface area (Å²) in [6, 6.07) is 3.45. The van der Waals surface area contributed by atoms with Crippen LogP contribution in [0.1, 0.15) is 49.0 Å². The van der Waals surface area contributed by atoms with Crippen LogP contribution in [0, 0.1) is 0 Å². The molecule has 2 aliphatic heterocycles. The number of anilines is 2. The van der Waals surface area contributed by atoms with Gasteiger partial charge in [0.2, 0.25) is 0 Å². The molecule has 0 aliphatic carbocycles. The topological polar surface area (TPSA) is 98.7 Å². The van der Waals surface area contributed by atoms with E-state index in [1.54, 1.807) is 12.1 Å². The molecule has 0 saturated heterocycles. The van der Waals surface area contributed by atoms with Crippen LogP contribution < -0.4 is 10.6 Å². The van der Waals surface area contributed by atoms with Gasteiger partial charge in [0.05, 0.1) is 22.1 Å². The minimum absolute atomic E-state index is 0.0309. The zero-order valence-electron chi connectivity index (χ0n) is 10.5. The molecule has 8 heteroatoms. The standard InChI is InChI=1S/C13H10N2O4S2/c16-12(17)8-1-4-6-3-7(15-10(4)20-8)5-2-9(13(18)19)21-11(5)14-6/h1-2,6-7,14-15H,3H2,(H,16,17)(H,18,19). The number of carboxylic acid groups (broad SMARTS) is 2. The minimum Gasteiger partial charge on any atom is -0.477 e. The van der Waals surface area contributed by atoms with Gasteiger partial charge in [-0.15, -0.1) is 22.7 Å². The van der Waals surface area contributed by atoms with Crippen LogP contribution in [-0.2, 0) is 0 Å². The Labute approximate surface area is 127 Å². The lowest BCUT2D eigenvalue weighted by Gasteiger charge is -2.36. The molecule has 2 atom stereocenters. The number of carbonyl (C=O) groups is 2. The summed E-state index contributed by atoms with van der Waals surface area (Å²) in [5.74, 6) is -1.85. The van der Waals surface area contributed by atoms with Crippen LogP contribution in [0.3, 0.4) is 0 Å². The van der Waals surface area contributed by atoms with E-state index in [4.69, 9.17) is 10.2 Å². The van der Waals surface area contributed by atoms with Crippen molar-refractivity contribution in [3.05, 3.63) is 33.0 Å². The molecule has 2 aromatic rings. The SMILES string of the molecule is O=C(O)c1cc2c(s1)NC1CC2Nc2sc(C(=O)O)cc21. The molecule has 2 unspecified atom stereocenters. The number of thiophene rings is 2. The molecule has 21 heavy (non-hydrogen) atoms. The van der Waals surface area contributed by atoms with Gasteiger partial charge < -0.3 is 20.8 Å². The normalized spacial score (nSPS) is 21.7. The van der Waals surface area contributed by atoms with Crippen molar-refractivity contribution < 1.29 is 19.8 Å². The molecule has 2 bridgehead atoms. The van der Waals surface area contributed by atoms with E-state index in [9.17, 15) is 9.59 Å². The Balaban J connectivity index is 1.76. The molecule has 0 saturated carbocycles. The van der Waals surface area contributed by atoms with E-state index in [2.05, 4.69) is 10.6 Å². The fourth-order valence-electron chi connectivity index (χ4n) is 2.84. The van der Waals surface area contributed by atoms with Gasteiger partial charge in [0.15, 0.2) is 0 Å². The zero-order valence-corrected chi connectivity index (χ0v) is 12.2. The molecule has 4 N–H and O–H groups in total. The zero-order chi connectivity index (χ0) is 14.7. The molecular formula is C13H10N2O4S2. The highest BCUT2D eigenvalue weighted by molar-refractivity contribution is 7.18. The van der Waals surface area contributed by atoms with E-state index in [0.29, 0.717) is 9.75 Å². The van der Waals surface area contributed by atoms with Gasteiger partial charge in [-0.2, -0.15) is 0 Å². The number of hydrogen-bond donors (Lipinski definition) is 4. The second-order valence-corrected chi connectivity index (χ2v) is 7.13. The highest BCUT2D eigenvalue weighted by atomic mass is 32.1. The molecule has 0 fully saturated rings. The van der Waals surface area contributed by atoms with Crippen molar-refractivity contribution in [1.29, 1.82) is 0 Å². The summed E-state index contributed by atoms with van der Waals surface area (Å²) < 4.78 is 0. The van der Waals surface area contributed by atoms with Gasteiger partial charge >= 0.3 is 11.9 Å². The van der Waals surface area contributed by atoms with Gasteiger partial charge in [-0.05, 0) is 18.6 Å². The Kier molecular flexibility index (Phi) is 2.54. The molecule has 4 heterocycles. The Hall–Kier alpha value is -2.06. The van der Waals surface area contributed by atoms with Crippen molar-refractivity contribution in [2.75, 3.05) is 10.6 Å². The van der Waals surface area contributed by atoms with Crippen LogP contribution in [0.25, 0.3) is 0 Å². The second-order valence-electron chi connectivity index (χ2n) is 5.03. The Bertz CT molecular complexity index is 715. The first-order chi connectivity index (χ1) is 10.0. The lowest BCUT2D eigenvalue weighted by molar-refractivity contribution is 0.0691. The average molecular weight is 322 g/mol. The highest BCUT2D eigenvalue weighted by Gasteiger charge is 2.37.